The number of benzene rings is 2. The van der Waals surface area contributed by atoms with Gasteiger partial charge in [0.15, 0.2) is 0 Å². The van der Waals surface area contributed by atoms with Gasteiger partial charge in [-0.15, -0.1) is 0 Å². The van der Waals surface area contributed by atoms with Gasteiger partial charge in [0.25, 0.3) is 11.6 Å². The fourth-order valence-electron chi connectivity index (χ4n) is 2.80. The van der Waals surface area contributed by atoms with E-state index in [1.807, 2.05) is 0 Å². The third-order valence-corrected chi connectivity index (χ3v) is 4.10. The van der Waals surface area contributed by atoms with E-state index in [9.17, 15) is 19.7 Å². The number of esters is 1. The van der Waals surface area contributed by atoms with Crippen molar-refractivity contribution in [3.63, 3.8) is 0 Å². The smallest absolute Gasteiger partial charge is 0.338 e. The number of fused-ring (bicyclic) bond motifs is 1. The van der Waals surface area contributed by atoms with E-state index in [2.05, 4.69) is 10.3 Å². The van der Waals surface area contributed by atoms with Crippen molar-refractivity contribution in [1.82, 2.24) is 4.98 Å². The largest absolute Gasteiger partial charge is 0.459 e. The number of carbonyl (C=O) groups excluding carboxylic acids is 2. The maximum atomic E-state index is 12.6. The second kappa shape index (κ2) is 8.05. The van der Waals surface area contributed by atoms with Crippen LogP contribution in [0.25, 0.3) is 10.9 Å². The topological polar surface area (TPSA) is 111 Å². The molecule has 2 aromatic carbocycles. The molecule has 0 saturated heterocycles. The molecule has 0 spiro atoms. The standard InChI is InChI=1S/C21H19N3O5/c1-12(2)29-21(26)15-6-9-18-17(11-15)19(10-13(3)22-18)23-20(25)14-4-7-16(8-5-14)24(27)28/h4-12H,1-3H3,(H,22,23,25). The number of amides is 1. The van der Waals surface area contributed by atoms with Crippen molar-refractivity contribution in [2.24, 2.45) is 0 Å². The second-order valence-electron chi connectivity index (χ2n) is 6.76. The van der Waals surface area contributed by atoms with Crippen LogP contribution in [-0.4, -0.2) is 27.9 Å². The van der Waals surface area contributed by atoms with Crippen LogP contribution < -0.4 is 5.32 Å². The molecule has 0 aliphatic carbocycles. The van der Waals surface area contributed by atoms with Gasteiger partial charge in [-0.3, -0.25) is 19.9 Å². The molecule has 1 heterocycles. The molecule has 3 aromatic rings. The average molecular weight is 393 g/mol. The molecule has 0 aliphatic heterocycles. The van der Waals surface area contributed by atoms with E-state index in [1.54, 1.807) is 45.0 Å². The van der Waals surface area contributed by atoms with E-state index < -0.39 is 16.8 Å². The maximum Gasteiger partial charge on any atom is 0.338 e. The highest BCUT2D eigenvalue weighted by atomic mass is 16.6. The Bertz CT molecular complexity index is 1110. The first-order valence-electron chi connectivity index (χ1n) is 8.93. The van der Waals surface area contributed by atoms with Gasteiger partial charge < -0.3 is 10.1 Å². The van der Waals surface area contributed by atoms with Crippen molar-refractivity contribution in [1.29, 1.82) is 0 Å². The molecule has 0 bridgehead atoms. The van der Waals surface area contributed by atoms with Gasteiger partial charge in [-0.05, 0) is 57.2 Å². The van der Waals surface area contributed by atoms with Crippen LogP contribution in [0.2, 0.25) is 0 Å². The second-order valence-corrected chi connectivity index (χ2v) is 6.76. The van der Waals surface area contributed by atoms with Crippen LogP contribution >= 0.6 is 0 Å². The summed E-state index contributed by atoms with van der Waals surface area (Å²) >= 11 is 0. The number of non-ortho nitro benzene ring substituents is 1. The molecule has 0 fully saturated rings. The first kappa shape index (κ1) is 19.9. The summed E-state index contributed by atoms with van der Waals surface area (Å²) in [6.45, 7) is 5.32. The Morgan fingerprint density at radius 3 is 2.34 bits per heavy atom. The highest BCUT2D eigenvalue weighted by Gasteiger charge is 2.15. The van der Waals surface area contributed by atoms with Crippen molar-refractivity contribution in [2.75, 3.05) is 5.32 Å². The third kappa shape index (κ3) is 4.55. The Morgan fingerprint density at radius 1 is 1.07 bits per heavy atom. The van der Waals surface area contributed by atoms with Gasteiger partial charge in [-0.25, -0.2) is 4.79 Å². The van der Waals surface area contributed by atoms with E-state index >= 15 is 0 Å². The monoisotopic (exact) mass is 393 g/mol. The van der Waals surface area contributed by atoms with E-state index in [0.29, 0.717) is 27.8 Å². The van der Waals surface area contributed by atoms with Crippen LogP contribution in [0.1, 0.15) is 40.3 Å². The zero-order chi connectivity index (χ0) is 21.1. The summed E-state index contributed by atoms with van der Waals surface area (Å²) in [5, 5.41) is 14.2. The van der Waals surface area contributed by atoms with Crippen molar-refractivity contribution < 1.29 is 19.2 Å². The lowest BCUT2D eigenvalue weighted by molar-refractivity contribution is -0.384. The molecule has 8 nitrogen and oxygen atoms in total. The number of nitrogens with one attached hydrogen (secondary N) is 1. The highest BCUT2D eigenvalue weighted by Crippen LogP contribution is 2.26. The Kier molecular flexibility index (Phi) is 5.54. The van der Waals surface area contributed by atoms with Gasteiger partial charge in [0.2, 0.25) is 0 Å². The molecule has 0 unspecified atom stereocenters. The minimum Gasteiger partial charge on any atom is -0.459 e. The van der Waals surface area contributed by atoms with Crippen molar-refractivity contribution >= 4 is 34.2 Å². The normalized spacial score (nSPS) is 10.8. The molecule has 148 valence electrons. The molecule has 0 radical (unpaired) electrons. The average Bonchev–Trinajstić information content (AvgIpc) is 2.67. The maximum absolute atomic E-state index is 12.6. The fraction of sp³-hybridized carbons (Fsp3) is 0.190. The molecular formula is C21H19N3O5. The molecular weight excluding hydrogens is 374 g/mol. The molecule has 1 aromatic heterocycles. The van der Waals surface area contributed by atoms with Crippen LogP contribution in [0.15, 0.2) is 48.5 Å². The lowest BCUT2D eigenvalue weighted by atomic mass is 10.1. The summed E-state index contributed by atoms with van der Waals surface area (Å²) in [4.78, 5) is 39.5. The van der Waals surface area contributed by atoms with Crippen LogP contribution in [0.4, 0.5) is 11.4 Å². The number of hydrogen-bond acceptors (Lipinski definition) is 6. The number of hydrogen-bond donors (Lipinski definition) is 1. The SMILES string of the molecule is Cc1cc(NC(=O)c2ccc([N+](=O)[O-])cc2)c2cc(C(=O)OC(C)C)ccc2n1. The first-order chi connectivity index (χ1) is 13.7. The molecule has 8 heteroatoms. The Hall–Kier alpha value is -3.81. The Balaban J connectivity index is 1.95. The zero-order valence-corrected chi connectivity index (χ0v) is 16.1. The third-order valence-electron chi connectivity index (χ3n) is 4.10. The Labute approximate surface area is 166 Å². The van der Waals surface area contributed by atoms with E-state index in [1.165, 1.54) is 24.3 Å². The van der Waals surface area contributed by atoms with E-state index in [-0.39, 0.29) is 17.4 Å². The number of anilines is 1. The van der Waals surface area contributed by atoms with Crippen LogP contribution in [0.5, 0.6) is 0 Å². The summed E-state index contributed by atoms with van der Waals surface area (Å²) in [6.07, 6.45) is -0.254. The number of carbonyl (C=O) groups is 2. The number of nitro benzene ring substituents is 1. The number of pyridine rings is 1. The van der Waals surface area contributed by atoms with E-state index in [0.717, 1.165) is 0 Å². The van der Waals surface area contributed by atoms with E-state index in [4.69, 9.17) is 4.74 Å². The van der Waals surface area contributed by atoms with Crippen LogP contribution in [0.3, 0.4) is 0 Å². The molecule has 0 atom stereocenters. The minimum absolute atomic E-state index is 0.0972. The number of aromatic nitrogens is 1. The van der Waals surface area contributed by atoms with Gasteiger partial charge in [-0.1, -0.05) is 0 Å². The highest BCUT2D eigenvalue weighted by molar-refractivity contribution is 6.09. The van der Waals surface area contributed by atoms with Crippen molar-refractivity contribution in [3.8, 4) is 0 Å². The predicted octanol–water partition coefficient (Wildman–Crippen LogP) is 4.27. The van der Waals surface area contributed by atoms with Crippen LogP contribution in [-0.2, 0) is 4.74 Å². The molecule has 29 heavy (non-hydrogen) atoms. The van der Waals surface area contributed by atoms with Gasteiger partial charge in [0.05, 0.1) is 27.8 Å². The lowest BCUT2D eigenvalue weighted by Crippen LogP contribution is -2.13. The van der Waals surface area contributed by atoms with Gasteiger partial charge >= 0.3 is 5.97 Å². The van der Waals surface area contributed by atoms with Gasteiger partial charge in [-0.2, -0.15) is 0 Å². The predicted molar refractivity (Wildman–Crippen MR) is 108 cm³/mol. The first-order valence-corrected chi connectivity index (χ1v) is 8.93. The minimum atomic E-state index is -0.529. The molecule has 0 aliphatic rings. The number of nitro groups is 1. The lowest BCUT2D eigenvalue weighted by Gasteiger charge is -2.12. The number of ether oxygens (including phenoxy) is 1. The molecule has 1 N–H and O–H groups in total. The molecule has 1 amide bonds. The quantitative estimate of drug-likeness (QED) is 0.394. The molecule has 3 rings (SSSR count). The summed E-state index contributed by atoms with van der Waals surface area (Å²) in [5.41, 5.74) is 2.31. The van der Waals surface area contributed by atoms with Crippen molar-refractivity contribution in [3.05, 3.63) is 75.5 Å². The number of aryl methyl sites for hydroxylation is 1. The summed E-state index contributed by atoms with van der Waals surface area (Å²) < 4.78 is 5.23. The van der Waals surface area contributed by atoms with Crippen molar-refractivity contribution in [2.45, 2.75) is 26.9 Å². The fourth-order valence-corrected chi connectivity index (χ4v) is 2.80. The number of rotatable bonds is 5. The van der Waals surface area contributed by atoms with Crippen LogP contribution in [0, 0.1) is 17.0 Å². The van der Waals surface area contributed by atoms with Gasteiger partial charge in [0, 0.05) is 28.8 Å². The summed E-state index contributed by atoms with van der Waals surface area (Å²) in [5.74, 6) is -0.892. The summed E-state index contributed by atoms with van der Waals surface area (Å²) in [6, 6.07) is 11.9. The zero-order valence-electron chi connectivity index (χ0n) is 16.1. The Morgan fingerprint density at radius 2 is 1.72 bits per heavy atom. The molecule has 0 saturated carbocycles. The summed E-state index contributed by atoms with van der Waals surface area (Å²) in [7, 11) is 0. The van der Waals surface area contributed by atoms with Gasteiger partial charge in [0.1, 0.15) is 0 Å². The number of nitrogens with zero attached hydrogens (tertiary/aromatic N) is 2.